The molecule has 0 saturated carbocycles. The standard InChI is InChI=1S/C15H15N3S/c1-2-16-10-14-17-18-15(19-14)13-8-7-11-5-3-4-6-12(11)9-13/h3-9,16H,2,10H2,1H3. The van der Waals surface area contributed by atoms with Crippen LogP contribution in [0.5, 0.6) is 0 Å². The molecule has 0 aliphatic heterocycles. The SMILES string of the molecule is CCNCc1nnc(-c2ccc3ccccc3c2)s1. The van der Waals surface area contributed by atoms with E-state index in [9.17, 15) is 0 Å². The van der Waals surface area contributed by atoms with Crippen LogP contribution in [0.3, 0.4) is 0 Å². The van der Waals surface area contributed by atoms with E-state index in [1.165, 1.54) is 10.8 Å². The Labute approximate surface area is 116 Å². The third kappa shape index (κ3) is 2.64. The summed E-state index contributed by atoms with van der Waals surface area (Å²) < 4.78 is 0. The largest absolute Gasteiger partial charge is 0.311 e. The summed E-state index contributed by atoms with van der Waals surface area (Å²) in [5.74, 6) is 0. The lowest BCUT2D eigenvalue weighted by atomic mass is 10.1. The molecule has 0 unspecified atom stereocenters. The highest BCUT2D eigenvalue weighted by Gasteiger charge is 2.06. The highest BCUT2D eigenvalue weighted by molar-refractivity contribution is 7.14. The van der Waals surface area contributed by atoms with Gasteiger partial charge in [0.15, 0.2) is 0 Å². The van der Waals surface area contributed by atoms with E-state index < -0.39 is 0 Å². The van der Waals surface area contributed by atoms with Crippen LogP contribution in [0.25, 0.3) is 21.3 Å². The van der Waals surface area contributed by atoms with E-state index >= 15 is 0 Å². The molecular formula is C15H15N3S. The number of nitrogens with one attached hydrogen (secondary N) is 1. The summed E-state index contributed by atoms with van der Waals surface area (Å²) in [6.07, 6.45) is 0. The minimum Gasteiger partial charge on any atom is -0.311 e. The fraction of sp³-hybridized carbons (Fsp3) is 0.200. The predicted octanol–water partition coefficient (Wildman–Crippen LogP) is 3.47. The van der Waals surface area contributed by atoms with Crippen LogP contribution in [0.4, 0.5) is 0 Å². The summed E-state index contributed by atoms with van der Waals surface area (Å²) in [6.45, 7) is 3.83. The third-order valence-electron chi connectivity index (χ3n) is 2.99. The molecule has 0 aliphatic rings. The first kappa shape index (κ1) is 12.3. The van der Waals surface area contributed by atoms with Crippen LogP contribution >= 0.6 is 11.3 Å². The van der Waals surface area contributed by atoms with Gasteiger partial charge in [0.25, 0.3) is 0 Å². The van der Waals surface area contributed by atoms with E-state index in [4.69, 9.17) is 0 Å². The number of hydrogen-bond donors (Lipinski definition) is 1. The van der Waals surface area contributed by atoms with Gasteiger partial charge in [-0.3, -0.25) is 0 Å². The van der Waals surface area contributed by atoms with Crippen LogP contribution < -0.4 is 5.32 Å². The van der Waals surface area contributed by atoms with Crippen molar-refractivity contribution in [2.24, 2.45) is 0 Å². The van der Waals surface area contributed by atoms with E-state index in [1.807, 2.05) is 0 Å². The van der Waals surface area contributed by atoms with Crippen molar-refractivity contribution in [1.82, 2.24) is 15.5 Å². The second-order valence-electron chi connectivity index (χ2n) is 4.34. The molecule has 4 heteroatoms. The van der Waals surface area contributed by atoms with E-state index in [1.54, 1.807) is 11.3 Å². The third-order valence-corrected chi connectivity index (χ3v) is 3.96. The summed E-state index contributed by atoms with van der Waals surface area (Å²) in [4.78, 5) is 0. The van der Waals surface area contributed by atoms with Gasteiger partial charge in [0.1, 0.15) is 10.0 Å². The number of fused-ring (bicyclic) bond motifs is 1. The summed E-state index contributed by atoms with van der Waals surface area (Å²) in [6, 6.07) is 14.8. The summed E-state index contributed by atoms with van der Waals surface area (Å²) in [5.41, 5.74) is 1.14. The van der Waals surface area contributed by atoms with Crippen LogP contribution in [0.15, 0.2) is 42.5 Å². The molecule has 0 amide bonds. The second kappa shape index (κ2) is 5.47. The van der Waals surface area contributed by atoms with Crippen molar-refractivity contribution in [3.8, 4) is 10.6 Å². The molecule has 0 radical (unpaired) electrons. The average molecular weight is 269 g/mol. The minimum absolute atomic E-state index is 0.793. The van der Waals surface area contributed by atoms with Gasteiger partial charge < -0.3 is 5.32 Å². The summed E-state index contributed by atoms with van der Waals surface area (Å²) >= 11 is 1.65. The van der Waals surface area contributed by atoms with Crippen molar-refractivity contribution in [3.05, 3.63) is 47.5 Å². The normalized spacial score (nSPS) is 11.0. The molecule has 0 aliphatic carbocycles. The summed E-state index contributed by atoms with van der Waals surface area (Å²) in [5, 5.41) is 16.3. The zero-order valence-corrected chi connectivity index (χ0v) is 11.6. The smallest absolute Gasteiger partial charge is 0.147 e. The molecule has 3 aromatic rings. The van der Waals surface area contributed by atoms with Gasteiger partial charge in [-0.25, -0.2) is 0 Å². The lowest BCUT2D eigenvalue weighted by Crippen LogP contribution is -2.11. The quantitative estimate of drug-likeness (QED) is 0.788. The molecule has 3 nitrogen and oxygen atoms in total. The van der Waals surface area contributed by atoms with E-state index in [-0.39, 0.29) is 0 Å². The Morgan fingerprint density at radius 3 is 2.74 bits per heavy atom. The Bertz CT molecular complexity index is 690. The molecular weight excluding hydrogens is 254 g/mol. The maximum absolute atomic E-state index is 4.27. The molecule has 1 heterocycles. The van der Waals surface area contributed by atoms with Crippen molar-refractivity contribution in [2.45, 2.75) is 13.5 Å². The fourth-order valence-corrected chi connectivity index (χ4v) is 2.80. The number of rotatable bonds is 4. The monoisotopic (exact) mass is 269 g/mol. The fourth-order valence-electron chi connectivity index (χ4n) is 2.00. The topological polar surface area (TPSA) is 37.8 Å². The van der Waals surface area contributed by atoms with E-state index in [0.29, 0.717) is 0 Å². The van der Waals surface area contributed by atoms with Crippen LogP contribution in [-0.4, -0.2) is 16.7 Å². The zero-order chi connectivity index (χ0) is 13.1. The molecule has 1 N–H and O–H groups in total. The van der Waals surface area contributed by atoms with Gasteiger partial charge >= 0.3 is 0 Å². The van der Waals surface area contributed by atoms with Crippen molar-refractivity contribution < 1.29 is 0 Å². The highest BCUT2D eigenvalue weighted by atomic mass is 32.1. The number of hydrogen-bond acceptors (Lipinski definition) is 4. The van der Waals surface area contributed by atoms with Crippen molar-refractivity contribution >= 4 is 22.1 Å². The van der Waals surface area contributed by atoms with Gasteiger partial charge in [-0.05, 0) is 23.4 Å². The first-order valence-corrected chi connectivity index (χ1v) is 7.21. The first-order chi connectivity index (χ1) is 9.36. The van der Waals surface area contributed by atoms with Gasteiger partial charge in [0, 0.05) is 12.1 Å². The van der Waals surface area contributed by atoms with Gasteiger partial charge in [-0.2, -0.15) is 0 Å². The maximum Gasteiger partial charge on any atom is 0.147 e. The summed E-state index contributed by atoms with van der Waals surface area (Å²) in [7, 11) is 0. The molecule has 0 spiro atoms. The molecule has 1 aromatic heterocycles. The van der Waals surface area contributed by atoms with Crippen LogP contribution in [-0.2, 0) is 6.54 Å². The first-order valence-electron chi connectivity index (χ1n) is 6.39. The molecule has 19 heavy (non-hydrogen) atoms. The molecule has 96 valence electrons. The molecule has 0 atom stereocenters. The van der Waals surface area contributed by atoms with Crippen molar-refractivity contribution in [3.63, 3.8) is 0 Å². The van der Waals surface area contributed by atoms with Gasteiger partial charge in [0.05, 0.1) is 0 Å². The van der Waals surface area contributed by atoms with Gasteiger partial charge in [0.2, 0.25) is 0 Å². The van der Waals surface area contributed by atoms with E-state index in [2.05, 4.69) is 64.9 Å². The molecule has 0 bridgehead atoms. The van der Waals surface area contributed by atoms with Gasteiger partial charge in [-0.15, -0.1) is 10.2 Å². The Kier molecular flexibility index (Phi) is 3.53. The van der Waals surface area contributed by atoms with Crippen LogP contribution in [0.2, 0.25) is 0 Å². The average Bonchev–Trinajstić information content (AvgIpc) is 2.93. The Morgan fingerprint density at radius 1 is 1.05 bits per heavy atom. The minimum atomic E-state index is 0.793. The van der Waals surface area contributed by atoms with Gasteiger partial charge in [-0.1, -0.05) is 54.7 Å². The Morgan fingerprint density at radius 2 is 1.89 bits per heavy atom. The molecule has 0 saturated heterocycles. The van der Waals surface area contributed by atoms with Crippen LogP contribution in [0, 0.1) is 0 Å². The molecule has 2 aromatic carbocycles. The lowest BCUT2D eigenvalue weighted by Gasteiger charge is -1.99. The van der Waals surface area contributed by atoms with Crippen molar-refractivity contribution in [2.75, 3.05) is 6.54 Å². The number of nitrogens with zero attached hydrogens (tertiary/aromatic N) is 2. The maximum atomic E-state index is 4.27. The lowest BCUT2D eigenvalue weighted by molar-refractivity contribution is 0.715. The molecule has 0 fully saturated rings. The number of benzene rings is 2. The van der Waals surface area contributed by atoms with Crippen LogP contribution in [0.1, 0.15) is 11.9 Å². The predicted molar refractivity (Wildman–Crippen MR) is 80.2 cm³/mol. The molecule has 3 rings (SSSR count). The number of aromatic nitrogens is 2. The Balaban J connectivity index is 1.92. The van der Waals surface area contributed by atoms with Crippen molar-refractivity contribution in [1.29, 1.82) is 0 Å². The highest BCUT2D eigenvalue weighted by Crippen LogP contribution is 2.26. The van der Waals surface area contributed by atoms with E-state index in [0.717, 1.165) is 28.7 Å². The Hall–Kier alpha value is -1.78. The zero-order valence-electron chi connectivity index (χ0n) is 10.8. The second-order valence-corrected chi connectivity index (χ2v) is 5.41.